The van der Waals surface area contributed by atoms with E-state index in [0.29, 0.717) is 23.3 Å². The molecule has 1 unspecified atom stereocenters. The lowest BCUT2D eigenvalue weighted by atomic mass is 9.70. The van der Waals surface area contributed by atoms with Crippen LogP contribution in [0.15, 0.2) is 74.9 Å². The smallest absolute Gasteiger partial charge is 0.177 e. The molecule has 32 heavy (non-hydrogen) atoms. The van der Waals surface area contributed by atoms with Crippen molar-refractivity contribution in [1.82, 2.24) is 0 Å². The van der Waals surface area contributed by atoms with Gasteiger partial charge in [-0.15, -0.1) is 0 Å². The van der Waals surface area contributed by atoms with E-state index in [4.69, 9.17) is 0 Å². The molecule has 0 saturated carbocycles. The van der Waals surface area contributed by atoms with Crippen molar-refractivity contribution >= 4 is 37.2 Å². The number of hydrogen-bond donors (Lipinski definition) is 0. The molecule has 0 N–H and O–H groups in total. The van der Waals surface area contributed by atoms with Gasteiger partial charge in [-0.05, 0) is 48.6 Å². The molecule has 0 aromatic heterocycles. The number of sulfone groups is 1. The minimum atomic E-state index is -3.47. The van der Waals surface area contributed by atoms with E-state index in [1.165, 1.54) is 0 Å². The molecule has 5 rings (SSSR count). The molecule has 3 aliphatic rings. The van der Waals surface area contributed by atoms with Gasteiger partial charge >= 0.3 is 0 Å². The molecule has 2 aromatic carbocycles. The Morgan fingerprint density at radius 3 is 2.28 bits per heavy atom. The highest BCUT2D eigenvalue weighted by Crippen LogP contribution is 2.54. The third-order valence-corrected chi connectivity index (χ3v) is 9.12. The molecule has 166 valence electrons. The number of allylic oxidation sites excluding steroid dienone is 4. The average Bonchev–Trinajstić information content (AvgIpc) is 3.02. The Morgan fingerprint density at radius 2 is 1.62 bits per heavy atom. The van der Waals surface area contributed by atoms with Gasteiger partial charge in [-0.1, -0.05) is 59.6 Å². The van der Waals surface area contributed by atoms with Crippen LogP contribution in [0.4, 0.5) is 5.69 Å². The maximum atomic E-state index is 13.6. The molecule has 2 aromatic rings. The van der Waals surface area contributed by atoms with Gasteiger partial charge in [0.2, 0.25) is 0 Å². The number of ketones is 1. The highest BCUT2D eigenvalue weighted by Gasteiger charge is 2.50. The largest absolute Gasteiger partial charge is 0.316 e. The van der Waals surface area contributed by atoms with Gasteiger partial charge < -0.3 is 4.90 Å². The van der Waals surface area contributed by atoms with Crippen molar-refractivity contribution in [1.29, 1.82) is 0 Å². The first-order chi connectivity index (χ1) is 15.1. The van der Waals surface area contributed by atoms with Gasteiger partial charge in [-0.3, -0.25) is 4.79 Å². The van der Waals surface area contributed by atoms with Crippen molar-refractivity contribution < 1.29 is 13.2 Å². The van der Waals surface area contributed by atoms with E-state index in [-0.39, 0.29) is 17.0 Å². The van der Waals surface area contributed by atoms with Crippen molar-refractivity contribution in [2.24, 2.45) is 5.41 Å². The van der Waals surface area contributed by atoms with Crippen LogP contribution in [-0.2, 0) is 14.6 Å². The van der Waals surface area contributed by atoms with Crippen LogP contribution in [0, 0.1) is 12.3 Å². The molecule has 0 bridgehead atoms. The van der Waals surface area contributed by atoms with Crippen molar-refractivity contribution in [2.45, 2.75) is 46.0 Å². The minimum Gasteiger partial charge on any atom is -0.316 e. The number of halogens is 1. The van der Waals surface area contributed by atoms with Gasteiger partial charge in [0.1, 0.15) is 0 Å². The first-order valence-electron chi connectivity index (χ1n) is 10.9. The second kappa shape index (κ2) is 7.42. The monoisotopic (exact) mass is 511 g/mol. The third-order valence-electron chi connectivity index (χ3n) is 6.71. The van der Waals surface area contributed by atoms with Crippen molar-refractivity contribution in [2.75, 3.05) is 10.7 Å². The van der Waals surface area contributed by atoms with Crippen LogP contribution in [0.3, 0.4) is 0 Å². The molecule has 1 aliphatic carbocycles. The molecule has 0 amide bonds. The minimum absolute atomic E-state index is 0.0509. The zero-order valence-electron chi connectivity index (χ0n) is 18.5. The molecule has 0 radical (unpaired) electrons. The molecular formula is C26H26BrNO3S. The van der Waals surface area contributed by atoms with E-state index in [9.17, 15) is 13.2 Å². The van der Waals surface area contributed by atoms with Crippen LogP contribution in [0.1, 0.15) is 50.2 Å². The number of anilines is 1. The summed E-state index contributed by atoms with van der Waals surface area (Å²) in [7, 11) is -3.47. The van der Waals surface area contributed by atoms with Crippen LogP contribution in [0.2, 0.25) is 0 Å². The number of carbonyl (C=O) groups is 1. The Hall–Kier alpha value is -2.18. The fourth-order valence-electron chi connectivity index (χ4n) is 5.31. The summed E-state index contributed by atoms with van der Waals surface area (Å²) >= 11 is 3.47. The second-order valence-corrected chi connectivity index (χ2v) is 12.8. The summed E-state index contributed by atoms with van der Waals surface area (Å²) in [5.74, 6) is -0.397. The molecule has 0 saturated heterocycles. The zero-order valence-corrected chi connectivity index (χ0v) is 20.9. The maximum Gasteiger partial charge on any atom is 0.177 e. The number of benzene rings is 2. The van der Waals surface area contributed by atoms with E-state index in [2.05, 4.69) is 34.7 Å². The number of aryl methyl sites for hydroxylation is 1. The van der Waals surface area contributed by atoms with Gasteiger partial charge in [-0.2, -0.15) is 0 Å². The summed E-state index contributed by atoms with van der Waals surface area (Å²) in [5.41, 5.74) is 5.17. The van der Waals surface area contributed by atoms with Crippen LogP contribution >= 0.6 is 15.9 Å². The van der Waals surface area contributed by atoms with Crippen LogP contribution in [0.25, 0.3) is 0 Å². The zero-order chi connectivity index (χ0) is 22.8. The first kappa shape index (κ1) is 21.7. The Bertz CT molecular complexity index is 1290. The number of Topliss-reactive ketones (excluding diaryl/α,β-unsaturated/α-hetero) is 1. The molecule has 2 aliphatic heterocycles. The highest BCUT2D eigenvalue weighted by molar-refractivity contribution is 9.10. The number of hydrogen-bond acceptors (Lipinski definition) is 4. The lowest BCUT2D eigenvalue weighted by Crippen LogP contribution is -2.39. The van der Waals surface area contributed by atoms with Gasteiger partial charge in [0, 0.05) is 40.0 Å². The first-order valence-corrected chi connectivity index (χ1v) is 13.4. The Labute approximate surface area is 198 Å². The molecular weight excluding hydrogens is 486 g/mol. The summed E-state index contributed by atoms with van der Waals surface area (Å²) in [6.45, 7) is 6.27. The van der Waals surface area contributed by atoms with Crippen LogP contribution in [-0.4, -0.2) is 20.0 Å². The van der Waals surface area contributed by atoms with Crippen LogP contribution < -0.4 is 4.90 Å². The van der Waals surface area contributed by atoms with Crippen molar-refractivity contribution in [3.05, 3.63) is 86.0 Å². The normalized spacial score (nSPS) is 23.9. The maximum absolute atomic E-state index is 13.6. The predicted molar refractivity (Wildman–Crippen MR) is 131 cm³/mol. The standard InChI is InChI=1S/C26H26BrNO3S/c1-16-4-10-19(11-5-16)28-20-12-13-32(30,31)25(20)23(17-6-8-18(27)9-7-17)24-21(28)14-26(2,3)15-22(24)29/h4-11,23H,12-15H2,1-3H3. The Kier molecular flexibility index (Phi) is 5.02. The Morgan fingerprint density at radius 1 is 0.969 bits per heavy atom. The number of rotatable bonds is 2. The fraction of sp³-hybridized carbons (Fsp3) is 0.346. The van der Waals surface area contributed by atoms with Crippen LogP contribution in [0.5, 0.6) is 0 Å². The summed E-state index contributed by atoms with van der Waals surface area (Å²) < 4.78 is 27.6. The van der Waals surface area contributed by atoms with E-state index in [1.807, 2.05) is 55.5 Å². The molecule has 1 atom stereocenters. The third kappa shape index (κ3) is 3.48. The van der Waals surface area contributed by atoms with E-state index >= 15 is 0 Å². The molecule has 2 heterocycles. The van der Waals surface area contributed by atoms with Gasteiger partial charge in [0.05, 0.1) is 16.6 Å². The van der Waals surface area contributed by atoms with Crippen molar-refractivity contribution in [3.8, 4) is 0 Å². The lowest BCUT2D eigenvalue weighted by molar-refractivity contribution is -0.118. The fourth-order valence-corrected chi connectivity index (χ4v) is 7.43. The van der Waals surface area contributed by atoms with E-state index in [0.717, 1.165) is 39.1 Å². The van der Waals surface area contributed by atoms with Gasteiger partial charge in [0.15, 0.2) is 15.6 Å². The van der Waals surface area contributed by atoms with Crippen molar-refractivity contribution in [3.63, 3.8) is 0 Å². The van der Waals surface area contributed by atoms with Gasteiger partial charge in [0.25, 0.3) is 0 Å². The number of nitrogens with zero attached hydrogens (tertiary/aromatic N) is 1. The summed E-state index contributed by atoms with van der Waals surface area (Å²) in [6.07, 6.45) is 1.61. The molecule has 0 fully saturated rings. The van der Waals surface area contributed by atoms with Gasteiger partial charge in [-0.25, -0.2) is 8.42 Å². The topological polar surface area (TPSA) is 54.5 Å². The molecule has 0 spiro atoms. The SMILES string of the molecule is Cc1ccc(N2C3=C(C(=O)CC(C)(C)C3)C(c3ccc(Br)cc3)C3=C2CCS3(=O)=O)cc1. The summed E-state index contributed by atoms with van der Waals surface area (Å²) in [4.78, 5) is 16.1. The van der Waals surface area contributed by atoms with E-state index in [1.54, 1.807) is 0 Å². The molecule has 6 heteroatoms. The lowest BCUT2D eigenvalue weighted by Gasteiger charge is -2.44. The predicted octanol–water partition coefficient (Wildman–Crippen LogP) is 6.03. The average molecular weight is 512 g/mol. The Balaban J connectivity index is 1.82. The summed E-state index contributed by atoms with van der Waals surface area (Å²) in [6, 6.07) is 15.8. The van der Waals surface area contributed by atoms with E-state index < -0.39 is 15.8 Å². The highest BCUT2D eigenvalue weighted by atomic mass is 79.9. The number of carbonyl (C=O) groups excluding carboxylic acids is 1. The quantitative estimate of drug-likeness (QED) is 0.493. The summed E-state index contributed by atoms with van der Waals surface area (Å²) in [5, 5.41) is 0. The second-order valence-electron chi connectivity index (χ2n) is 9.84. The molecule has 4 nitrogen and oxygen atoms in total.